The molecule has 1 fully saturated rings. The van der Waals surface area contributed by atoms with E-state index in [0.717, 1.165) is 12.1 Å². The SMILES string of the molecule is CC(C)Cc1cc(C(=O)N[C@@H]2COC[C@H]2O)nc(N)n1. The Morgan fingerprint density at radius 2 is 2.30 bits per heavy atom. The van der Waals surface area contributed by atoms with E-state index >= 15 is 0 Å². The number of aromatic nitrogens is 2. The summed E-state index contributed by atoms with van der Waals surface area (Å²) >= 11 is 0. The third-order valence-electron chi connectivity index (χ3n) is 3.01. The van der Waals surface area contributed by atoms with Gasteiger partial charge in [0.1, 0.15) is 5.69 Å². The van der Waals surface area contributed by atoms with Crippen molar-refractivity contribution in [1.29, 1.82) is 0 Å². The smallest absolute Gasteiger partial charge is 0.270 e. The number of ether oxygens (including phenoxy) is 1. The molecule has 0 spiro atoms. The van der Waals surface area contributed by atoms with Gasteiger partial charge in [0, 0.05) is 5.69 Å². The average Bonchev–Trinajstić information content (AvgIpc) is 2.73. The number of anilines is 1. The van der Waals surface area contributed by atoms with E-state index in [0.29, 0.717) is 12.5 Å². The van der Waals surface area contributed by atoms with Gasteiger partial charge in [0.2, 0.25) is 5.95 Å². The molecule has 0 saturated carbocycles. The number of nitrogens with zero attached hydrogens (tertiary/aromatic N) is 2. The Morgan fingerprint density at radius 3 is 2.90 bits per heavy atom. The van der Waals surface area contributed by atoms with Gasteiger partial charge in [-0.3, -0.25) is 4.79 Å². The normalized spacial score (nSPS) is 22.2. The maximum absolute atomic E-state index is 12.1. The molecule has 1 aromatic rings. The minimum atomic E-state index is -0.687. The summed E-state index contributed by atoms with van der Waals surface area (Å²) in [5.74, 6) is 0.112. The number of hydrogen-bond acceptors (Lipinski definition) is 6. The molecular weight excluding hydrogens is 260 g/mol. The van der Waals surface area contributed by atoms with Crippen LogP contribution in [0.3, 0.4) is 0 Å². The highest BCUT2D eigenvalue weighted by Gasteiger charge is 2.28. The van der Waals surface area contributed by atoms with Crippen molar-refractivity contribution >= 4 is 11.9 Å². The third kappa shape index (κ3) is 3.64. The molecule has 1 saturated heterocycles. The summed E-state index contributed by atoms with van der Waals surface area (Å²) in [6, 6.07) is 1.22. The van der Waals surface area contributed by atoms with Gasteiger partial charge in [0.05, 0.1) is 25.4 Å². The van der Waals surface area contributed by atoms with Crippen molar-refractivity contribution < 1.29 is 14.6 Å². The quantitative estimate of drug-likeness (QED) is 0.701. The number of carbonyl (C=O) groups excluding carboxylic acids is 1. The monoisotopic (exact) mass is 280 g/mol. The number of nitrogen functional groups attached to an aromatic ring is 1. The molecule has 20 heavy (non-hydrogen) atoms. The van der Waals surface area contributed by atoms with Crippen LogP contribution in [0.4, 0.5) is 5.95 Å². The Kier molecular flexibility index (Phi) is 4.51. The fourth-order valence-corrected chi connectivity index (χ4v) is 2.08. The standard InChI is InChI=1S/C13H20N4O3/c1-7(2)3-8-4-9(17-13(14)15-8)12(19)16-10-5-20-6-11(10)18/h4,7,10-11,18H,3,5-6H2,1-2H3,(H,16,19)(H2,14,15,17)/t10-,11-/m1/s1. The maximum Gasteiger partial charge on any atom is 0.270 e. The molecule has 2 rings (SSSR count). The van der Waals surface area contributed by atoms with E-state index in [2.05, 4.69) is 29.1 Å². The van der Waals surface area contributed by atoms with E-state index in [1.165, 1.54) is 0 Å². The van der Waals surface area contributed by atoms with Gasteiger partial charge < -0.3 is 20.9 Å². The molecule has 4 N–H and O–H groups in total. The van der Waals surface area contributed by atoms with Crippen LogP contribution in [0.2, 0.25) is 0 Å². The fourth-order valence-electron chi connectivity index (χ4n) is 2.08. The lowest BCUT2D eigenvalue weighted by atomic mass is 10.1. The van der Waals surface area contributed by atoms with Crippen LogP contribution in [0.1, 0.15) is 30.0 Å². The van der Waals surface area contributed by atoms with Crippen molar-refractivity contribution in [2.75, 3.05) is 18.9 Å². The predicted molar refractivity (Wildman–Crippen MR) is 73.1 cm³/mol. The van der Waals surface area contributed by atoms with E-state index in [1.54, 1.807) is 6.07 Å². The van der Waals surface area contributed by atoms with E-state index in [9.17, 15) is 9.90 Å². The minimum Gasteiger partial charge on any atom is -0.388 e. The Bertz CT molecular complexity index is 493. The first-order valence-electron chi connectivity index (χ1n) is 6.66. The summed E-state index contributed by atoms with van der Waals surface area (Å²) in [6.07, 6.45) is 0.0376. The Hall–Kier alpha value is -1.73. The van der Waals surface area contributed by atoms with Crippen molar-refractivity contribution in [3.05, 3.63) is 17.5 Å². The van der Waals surface area contributed by atoms with Crippen LogP contribution in [0.5, 0.6) is 0 Å². The zero-order chi connectivity index (χ0) is 14.7. The number of nitrogens with one attached hydrogen (secondary N) is 1. The van der Waals surface area contributed by atoms with Gasteiger partial charge in [-0.1, -0.05) is 13.8 Å². The highest BCUT2D eigenvalue weighted by molar-refractivity contribution is 5.92. The van der Waals surface area contributed by atoms with Crippen LogP contribution >= 0.6 is 0 Å². The molecule has 1 aliphatic heterocycles. The van der Waals surface area contributed by atoms with Gasteiger partial charge in [-0.15, -0.1) is 0 Å². The molecule has 0 bridgehead atoms. The first-order valence-corrected chi connectivity index (χ1v) is 6.66. The number of hydrogen-bond donors (Lipinski definition) is 3. The zero-order valence-electron chi connectivity index (χ0n) is 11.7. The molecule has 2 atom stereocenters. The predicted octanol–water partition coefficient (Wildman–Crippen LogP) is -0.253. The lowest BCUT2D eigenvalue weighted by Crippen LogP contribution is -2.42. The molecule has 110 valence electrons. The van der Waals surface area contributed by atoms with Crippen molar-refractivity contribution in [3.8, 4) is 0 Å². The van der Waals surface area contributed by atoms with E-state index in [1.807, 2.05) is 0 Å². The summed E-state index contributed by atoms with van der Waals surface area (Å²) in [5, 5.41) is 12.3. The maximum atomic E-state index is 12.1. The van der Waals surface area contributed by atoms with Gasteiger partial charge in [0.15, 0.2) is 0 Å². The number of aliphatic hydroxyl groups excluding tert-OH is 1. The lowest BCUT2D eigenvalue weighted by Gasteiger charge is -2.14. The molecule has 0 unspecified atom stereocenters. The van der Waals surface area contributed by atoms with Gasteiger partial charge >= 0.3 is 0 Å². The molecule has 0 aromatic carbocycles. The number of amides is 1. The first kappa shape index (κ1) is 14.7. The van der Waals surface area contributed by atoms with Gasteiger partial charge in [-0.05, 0) is 18.4 Å². The second-order valence-corrected chi connectivity index (χ2v) is 5.39. The zero-order valence-corrected chi connectivity index (χ0v) is 11.7. The molecule has 1 aliphatic rings. The minimum absolute atomic E-state index is 0.0801. The summed E-state index contributed by atoms with van der Waals surface area (Å²) in [6.45, 7) is 4.65. The van der Waals surface area contributed by atoms with Crippen molar-refractivity contribution in [1.82, 2.24) is 15.3 Å². The highest BCUT2D eigenvalue weighted by Crippen LogP contribution is 2.10. The molecule has 1 aromatic heterocycles. The van der Waals surface area contributed by atoms with Crippen LogP contribution in [-0.4, -0.2) is 46.3 Å². The average molecular weight is 280 g/mol. The number of nitrogens with two attached hydrogens (primary N) is 1. The second-order valence-electron chi connectivity index (χ2n) is 5.39. The van der Waals surface area contributed by atoms with Gasteiger partial charge in [-0.2, -0.15) is 0 Å². The molecule has 0 radical (unpaired) electrons. The van der Waals surface area contributed by atoms with Crippen molar-refractivity contribution in [2.45, 2.75) is 32.4 Å². The first-order chi connectivity index (χ1) is 9.45. The van der Waals surface area contributed by atoms with Crippen molar-refractivity contribution in [3.63, 3.8) is 0 Å². The Morgan fingerprint density at radius 1 is 1.55 bits per heavy atom. The summed E-state index contributed by atoms with van der Waals surface area (Å²) in [4.78, 5) is 20.2. The van der Waals surface area contributed by atoms with Crippen LogP contribution in [-0.2, 0) is 11.2 Å². The molecule has 0 aliphatic carbocycles. The van der Waals surface area contributed by atoms with E-state index < -0.39 is 12.1 Å². The van der Waals surface area contributed by atoms with Crippen LogP contribution in [0.25, 0.3) is 0 Å². The summed E-state index contributed by atoms with van der Waals surface area (Å²) < 4.78 is 5.08. The number of aliphatic hydroxyl groups is 1. The van der Waals surface area contributed by atoms with E-state index in [-0.39, 0.29) is 24.2 Å². The van der Waals surface area contributed by atoms with Crippen LogP contribution in [0.15, 0.2) is 6.07 Å². The largest absolute Gasteiger partial charge is 0.388 e. The molecule has 2 heterocycles. The van der Waals surface area contributed by atoms with Gasteiger partial charge in [0.25, 0.3) is 5.91 Å². The number of carbonyl (C=O) groups is 1. The Labute approximate surface area is 117 Å². The number of rotatable bonds is 4. The van der Waals surface area contributed by atoms with E-state index in [4.69, 9.17) is 10.5 Å². The molecule has 7 heteroatoms. The second kappa shape index (κ2) is 6.15. The summed E-state index contributed by atoms with van der Waals surface area (Å²) in [5.41, 5.74) is 6.58. The molecule has 1 amide bonds. The van der Waals surface area contributed by atoms with Crippen LogP contribution < -0.4 is 11.1 Å². The van der Waals surface area contributed by atoms with Gasteiger partial charge in [-0.25, -0.2) is 9.97 Å². The topological polar surface area (TPSA) is 110 Å². The molecule has 7 nitrogen and oxygen atoms in total. The fraction of sp³-hybridized carbons (Fsp3) is 0.615. The van der Waals surface area contributed by atoms with Crippen LogP contribution in [0, 0.1) is 5.92 Å². The molecular formula is C13H20N4O3. The summed E-state index contributed by atoms with van der Waals surface area (Å²) in [7, 11) is 0. The highest BCUT2D eigenvalue weighted by atomic mass is 16.5. The lowest BCUT2D eigenvalue weighted by molar-refractivity contribution is 0.0881. The third-order valence-corrected chi connectivity index (χ3v) is 3.01. The van der Waals surface area contributed by atoms with Crippen molar-refractivity contribution in [2.24, 2.45) is 5.92 Å². The Balaban J connectivity index is 2.10.